The molecule has 3 heteroatoms. The monoisotopic (exact) mass is 242 g/mol. The number of hydrogen-bond donors (Lipinski definition) is 0. The molecule has 0 saturated carbocycles. The van der Waals surface area contributed by atoms with Crippen LogP contribution in [0.1, 0.15) is 37.8 Å². The van der Waals surface area contributed by atoms with E-state index in [2.05, 4.69) is 13.8 Å². The van der Waals surface area contributed by atoms with Crippen molar-refractivity contribution >= 4 is 11.6 Å². The minimum Gasteiger partial charge on any atom is -0.486 e. The van der Waals surface area contributed by atoms with Crippen LogP contribution in [0.15, 0.2) is 12.1 Å². The summed E-state index contributed by atoms with van der Waals surface area (Å²) in [5, 5.41) is 0. The maximum atomic E-state index is 13.4. The molecule has 0 bridgehead atoms. The van der Waals surface area contributed by atoms with Crippen molar-refractivity contribution in [1.29, 1.82) is 0 Å². The summed E-state index contributed by atoms with van der Waals surface area (Å²) < 4.78 is 19.4. The fourth-order valence-corrected chi connectivity index (χ4v) is 2.52. The summed E-state index contributed by atoms with van der Waals surface area (Å²) >= 11 is 5.82. The van der Waals surface area contributed by atoms with Gasteiger partial charge in [0, 0.05) is 17.5 Å². The van der Waals surface area contributed by atoms with Gasteiger partial charge in [-0.1, -0.05) is 13.8 Å². The highest BCUT2D eigenvalue weighted by Gasteiger charge is 2.37. The second-order valence-electron chi connectivity index (χ2n) is 4.36. The number of benzene rings is 1. The Bertz CT molecular complexity index is 399. The Morgan fingerprint density at radius 1 is 1.38 bits per heavy atom. The van der Waals surface area contributed by atoms with Crippen LogP contribution in [-0.4, -0.2) is 5.60 Å². The lowest BCUT2D eigenvalue weighted by molar-refractivity contribution is 0.0850. The third-order valence-corrected chi connectivity index (χ3v) is 3.76. The SMILES string of the molecule is CCC1(CC)Cc2cc(F)cc(CCl)c2O1. The van der Waals surface area contributed by atoms with Gasteiger partial charge in [0.05, 0.1) is 5.88 Å². The van der Waals surface area contributed by atoms with Gasteiger partial charge in [0.15, 0.2) is 0 Å². The van der Waals surface area contributed by atoms with E-state index in [1.165, 1.54) is 6.07 Å². The molecule has 1 aliphatic rings. The van der Waals surface area contributed by atoms with Gasteiger partial charge >= 0.3 is 0 Å². The molecule has 1 aromatic rings. The number of hydrogen-bond acceptors (Lipinski definition) is 1. The van der Waals surface area contributed by atoms with Gasteiger partial charge in [0.2, 0.25) is 0 Å². The summed E-state index contributed by atoms with van der Waals surface area (Å²) in [5.41, 5.74) is 1.57. The van der Waals surface area contributed by atoms with Gasteiger partial charge in [-0.2, -0.15) is 0 Å². The molecule has 88 valence electrons. The first kappa shape index (κ1) is 11.7. The molecule has 2 rings (SSSR count). The molecule has 0 radical (unpaired) electrons. The first-order valence-electron chi connectivity index (χ1n) is 5.70. The second-order valence-corrected chi connectivity index (χ2v) is 4.62. The lowest BCUT2D eigenvalue weighted by Gasteiger charge is -2.26. The first-order chi connectivity index (χ1) is 7.64. The van der Waals surface area contributed by atoms with E-state index >= 15 is 0 Å². The van der Waals surface area contributed by atoms with Crippen molar-refractivity contribution in [3.8, 4) is 5.75 Å². The van der Waals surface area contributed by atoms with E-state index in [1.807, 2.05) is 0 Å². The summed E-state index contributed by atoms with van der Waals surface area (Å²) in [6.45, 7) is 4.21. The van der Waals surface area contributed by atoms with Crippen LogP contribution in [0.25, 0.3) is 0 Å². The third kappa shape index (κ3) is 1.80. The summed E-state index contributed by atoms with van der Waals surface area (Å²) in [6.07, 6.45) is 2.65. The van der Waals surface area contributed by atoms with E-state index in [1.54, 1.807) is 6.07 Å². The minimum absolute atomic E-state index is 0.156. The highest BCUT2D eigenvalue weighted by Crippen LogP contribution is 2.42. The van der Waals surface area contributed by atoms with Crippen molar-refractivity contribution in [2.45, 2.75) is 44.6 Å². The molecule has 0 unspecified atom stereocenters. The summed E-state index contributed by atoms with van der Waals surface area (Å²) in [5.74, 6) is 0.880. The number of halogens is 2. The molecule has 1 aliphatic heterocycles. The van der Waals surface area contributed by atoms with Crippen molar-refractivity contribution in [2.75, 3.05) is 0 Å². The molecule has 0 saturated heterocycles. The molecule has 16 heavy (non-hydrogen) atoms. The average Bonchev–Trinajstić information content (AvgIpc) is 2.67. The zero-order valence-corrected chi connectivity index (χ0v) is 10.4. The summed E-state index contributed by atoms with van der Waals surface area (Å²) in [4.78, 5) is 0. The van der Waals surface area contributed by atoms with Crippen molar-refractivity contribution in [3.05, 3.63) is 29.1 Å². The fraction of sp³-hybridized carbons (Fsp3) is 0.538. The Morgan fingerprint density at radius 2 is 2.06 bits per heavy atom. The third-order valence-electron chi connectivity index (χ3n) is 3.47. The van der Waals surface area contributed by atoms with Crippen LogP contribution < -0.4 is 4.74 Å². The van der Waals surface area contributed by atoms with Gasteiger partial charge in [-0.3, -0.25) is 0 Å². The molecule has 0 atom stereocenters. The van der Waals surface area contributed by atoms with Crippen LogP contribution in [0.2, 0.25) is 0 Å². The Hall–Kier alpha value is -0.760. The van der Waals surface area contributed by atoms with Gasteiger partial charge in [-0.05, 0) is 25.0 Å². The number of rotatable bonds is 3. The molecule has 0 spiro atoms. The Morgan fingerprint density at radius 3 is 2.62 bits per heavy atom. The van der Waals surface area contributed by atoms with E-state index in [9.17, 15) is 4.39 Å². The molecular formula is C13H16ClFO. The lowest BCUT2D eigenvalue weighted by atomic mass is 9.91. The molecular weight excluding hydrogens is 227 g/mol. The predicted molar refractivity (Wildman–Crippen MR) is 63.6 cm³/mol. The molecule has 1 aromatic carbocycles. The molecule has 0 aromatic heterocycles. The molecule has 0 amide bonds. The zero-order valence-electron chi connectivity index (χ0n) is 9.65. The van der Waals surface area contributed by atoms with Crippen LogP contribution in [0.5, 0.6) is 5.75 Å². The van der Waals surface area contributed by atoms with Crippen molar-refractivity contribution in [1.82, 2.24) is 0 Å². The molecule has 0 N–H and O–H groups in total. The fourth-order valence-electron chi connectivity index (χ4n) is 2.32. The van der Waals surface area contributed by atoms with E-state index in [4.69, 9.17) is 16.3 Å². The van der Waals surface area contributed by atoms with Crippen LogP contribution in [-0.2, 0) is 12.3 Å². The van der Waals surface area contributed by atoms with E-state index < -0.39 is 0 Å². The maximum Gasteiger partial charge on any atom is 0.128 e. The second kappa shape index (κ2) is 4.25. The summed E-state index contributed by atoms with van der Waals surface area (Å²) in [6, 6.07) is 3.03. The molecule has 1 heterocycles. The van der Waals surface area contributed by atoms with Crippen LogP contribution in [0, 0.1) is 5.82 Å². The van der Waals surface area contributed by atoms with E-state index in [0.717, 1.165) is 36.1 Å². The number of alkyl halides is 1. The van der Waals surface area contributed by atoms with E-state index in [-0.39, 0.29) is 11.4 Å². The van der Waals surface area contributed by atoms with Gasteiger partial charge in [0.1, 0.15) is 17.2 Å². The van der Waals surface area contributed by atoms with Crippen LogP contribution in [0.4, 0.5) is 4.39 Å². The molecule has 0 fully saturated rings. The number of fused-ring (bicyclic) bond motifs is 1. The lowest BCUT2D eigenvalue weighted by Crippen LogP contribution is -2.32. The normalized spacial score (nSPS) is 17.0. The highest BCUT2D eigenvalue weighted by molar-refractivity contribution is 6.17. The maximum absolute atomic E-state index is 13.4. The Labute approximate surface area is 101 Å². The highest BCUT2D eigenvalue weighted by atomic mass is 35.5. The van der Waals surface area contributed by atoms with Crippen molar-refractivity contribution in [3.63, 3.8) is 0 Å². The quantitative estimate of drug-likeness (QED) is 0.727. The van der Waals surface area contributed by atoms with Crippen molar-refractivity contribution < 1.29 is 9.13 Å². The first-order valence-corrected chi connectivity index (χ1v) is 6.24. The molecule has 1 nitrogen and oxygen atoms in total. The van der Waals surface area contributed by atoms with Gasteiger partial charge in [-0.25, -0.2) is 4.39 Å². The van der Waals surface area contributed by atoms with Gasteiger partial charge in [0.25, 0.3) is 0 Å². The minimum atomic E-state index is -0.221. The Kier molecular flexibility index (Phi) is 3.11. The standard InChI is InChI=1S/C13H16ClFO/c1-3-13(4-2)7-9-5-11(15)6-10(8-14)12(9)16-13/h5-6H,3-4,7-8H2,1-2H3. The van der Waals surface area contributed by atoms with Gasteiger partial charge in [-0.15, -0.1) is 11.6 Å². The predicted octanol–water partition coefficient (Wildman–Crippen LogP) is 4.06. The van der Waals surface area contributed by atoms with Gasteiger partial charge < -0.3 is 4.74 Å². The van der Waals surface area contributed by atoms with Crippen molar-refractivity contribution in [2.24, 2.45) is 0 Å². The average molecular weight is 243 g/mol. The topological polar surface area (TPSA) is 9.23 Å². The van der Waals surface area contributed by atoms with Crippen LogP contribution >= 0.6 is 11.6 Å². The smallest absolute Gasteiger partial charge is 0.128 e. The summed E-state index contributed by atoms with van der Waals surface area (Å²) in [7, 11) is 0. The Balaban J connectivity index is 2.43. The molecule has 0 aliphatic carbocycles. The number of ether oxygens (including phenoxy) is 1. The zero-order chi connectivity index (χ0) is 11.8. The van der Waals surface area contributed by atoms with Crippen LogP contribution in [0.3, 0.4) is 0 Å². The largest absolute Gasteiger partial charge is 0.486 e. The van der Waals surface area contributed by atoms with E-state index in [0.29, 0.717) is 5.88 Å².